The van der Waals surface area contributed by atoms with E-state index in [9.17, 15) is 9.90 Å². The zero-order valence-electron chi connectivity index (χ0n) is 13.2. The van der Waals surface area contributed by atoms with Crippen molar-refractivity contribution in [2.45, 2.75) is 45.1 Å². The molecule has 1 aromatic carbocycles. The lowest BCUT2D eigenvalue weighted by atomic mass is 10.2. The Hall–Kier alpha value is -2.37. The average Bonchev–Trinajstić information content (AvgIpc) is 3.28. The highest BCUT2D eigenvalue weighted by Crippen LogP contribution is 2.41. The third-order valence-electron chi connectivity index (χ3n) is 3.99. The number of rotatable bonds is 8. The second-order valence-electron chi connectivity index (χ2n) is 5.99. The molecule has 3 rings (SSSR count). The Morgan fingerprint density at radius 1 is 1.30 bits per heavy atom. The number of aryl methyl sites for hydroxylation is 2. The van der Waals surface area contributed by atoms with Crippen LogP contribution in [0.15, 0.2) is 24.3 Å². The minimum atomic E-state index is -0.985. The van der Waals surface area contributed by atoms with Gasteiger partial charge < -0.3 is 9.84 Å². The van der Waals surface area contributed by atoms with Crippen molar-refractivity contribution in [1.29, 1.82) is 0 Å². The highest BCUT2D eigenvalue weighted by atomic mass is 16.5. The van der Waals surface area contributed by atoms with Crippen LogP contribution in [-0.2, 0) is 6.54 Å². The molecule has 0 saturated heterocycles. The Morgan fingerprint density at radius 2 is 2.04 bits per heavy atom. The summed E-state index contributed by atoms with van der Waals surface area (Å²) in [7, 11) is 0. The van der Waals surface area contributed by atoms with E-state index in [1.165, 1.54) is 5.56 Å². The summed E-state index contributed by atoms with van der Waals surface area (Å²) in [6.07, 6.45) is 3.84. The summed E-state index contributed by atoms with van der Waals surface area (Å²) in [5, 5.41) is 17.0. The Morgan fingerprint density at radius 3 is 2.70 bits per heavy atom. The van der Waals surface area contributed by atoms with Crippen LogP contribution in [0.2, 0.25) is 0 Å². The van der Waals surface area contributed by atoms with Crippen LogP contribution >= 0.6 is 0 Å². The SMILES string of the molecule is Cc1ccc(OCCCCn2nnc(C(=O)O)c2C2CC2)cc1. The van der Waals surface area contributed by atoms with E-state index in [2.05, 4.69) is 10.3 Å². The molecule has 1 saturated carbocycles. The quantitative estimate of drug-likeness (QED) is 0.758. The molecule has 6 nitrogen and oxygen atoms in total. The molecule has 1 heterocycles. The fraction of sp³-hybridized carbons (Fsp3) is 0.471. The molecule has 1 N–H and O–H groups in total. The molecule has 1 aliphatic rings. The maximum atomic E-state index is 11.2. The van der Waals surface area contributed by atoms with Gasteiger partial charge in [-0.25, -0.2) is 9.48 Å². The van der Waals surface area contributed by atoms with Crippen LogP contribution in [-0.4, -0.2) is 32.7 Å². The average molecular weight is 315 g/mol. The number of ether oxygens (including phenoxy) is 1. The van der Waals surface area contributed by atoms with Crippen LogP contribution in [0.4, 0.5) is 0 Å². The normalized spacial score (nSPS) is 14.0. The number of aromatic nitrogens is 3. The van der Waals surface area contributed by atoms with Gasteiger partial charge in [0, 0.05) is 12.5 Å². The highest BCUT2D eigenvalue weighted by molar-refractivity contribution is 5.86. The summed E-state index contributed by atoms with van der Waals surface area (Å²) < 4.78 is 7.45. The Kier molecular flexibility index (Phi) is 4.60. The van der Waals surface area contributed by atoms with Gasteiger partial charge in [0.25, 0.3) is 0 Å². The fourth-order valence-electron chi connectivity index (χ4n) is 2.59. The van der Waals surface area contributed by atoms with Gasteiger partial charge in [-0.05, 0) is 44.7 Å². The van der Waals surface area contributed by atoms with Gasteiger partial charge >= 0.3 is 5.97 Å². The van der Waals surface area contributed by atoms with E-state index >= 15 is 0 Å². The molecule has 0 aliphatic heterocycles. The maximum Gasteiger partial charge on any atom is 0.358 e. The summed E-state index contributed by atoms with van der Waals surface area (Å²) in [5.41, 5.74) is 2.12. The lowest BCUT2D eigenvalue weighted by Crippen LogP contribution is -2.09. The molecular weight excluding hydrogens is 294 g/mol. The largest absolute Gasteiger partial charge is 0.494 e. The predicted molar refractivity (Wildman–Crippen MR) is 84.9 cm³/mol. The molecule has 1 fully saturated rings. The van der Waals surface area contributed by atoms with Crippen LogP contribution in [0.3, 0.4) is 0 Å². The van der Waals surface area contributed by atoms with Crippen LogP contribution < -0.4 is 4.74 Å². The number of benzene rings is 1. The summed E-state index contributed by atoms with van der Waals surface area (Å²) in [5.74, 6) is 0.212. The standard InChI is InChI=1S/C17H21N3O3/c1-12-4-8-14(9-5-12)23-11-3-2-10-20-16(13-6-7-13)15(17(21)22)18-19-20/h4-5,8-9,13H,2-3,6-7,10-11H2,1H3,(H,21,22). The Balaban J connectivity index is 1.47. The number of hydrogen-bond donors (Lipinski definition) is 1. The fourth-order valence-corrected chi connectivity index (χ4v) is 2.59. The van der Waals surface area contributed by atoms with Gasteiger partial charge in [-0.2, -0.15) is 0 Å². The van der Waals surface area contributed by atoms with Crippen LogP contribution in [0.5, 0.6) is 5.75 Å². The zero-order valence-corrected chi connectivity index (χ0v) is 13.2. The van der Waals surface area contributed by atoms with Gasteiger partial charge in [0.05, 0.1) is 12.3 Å². The number of aromatic carboxylic acids is 1. The summed E-state index contributed by atoms with van der Waals surface area (Å²) in [4.78, 5) is 11.2. The van der Waals surface area contributed by atoms with Crippen LogP contribution in [0.25, 0.3) is 0 Å². The number of hydrogen-bond acceptors (Lipinski definition) is 4. The lowest BCUT2D eigenvalue weighted by molar-refractivity contribution is 0.0689. The summed E-state index contributed by atoms with van der Waals surface area (Å²) >= 11 is 0. The molecule has 0 bridgehead atoms. The molecule has 0 radical (unpaired) electrons. The van der Waals surface area contributed by atoms with Crippen molar-refractivity contribution in [1.82, 2.24) is 15.0 Å². The smallest absolute Gasteiger partial charge is 0.358 e. The number of unbranched alkanes of at least 4 members (excludes halogenated alkanes) is 1. The Bertz CT molecular complexity index is 675. The van der Waals surface area contributed by atoms with Crippen molar-refractivity contribution in [3.63, 3.8) is 0 Å². The van der Waals surface area contributed by atoms with E-state index in [0.717, 1.165) is 37.1 Å². The minimum absolute atomic E-state index is 0.114. The molecular formula is C17H21N3O3. The van der Waals surface area contributed by atoms with E-state index < -0.39 is 5.97 Å². The van der Waals surface area contributed by atoms with E-state index in [1.54, 1.807) is 4.68 Å². The minimum Gasteiger partial charge on any atom is -0.494 e. The number of carboxylic acids is 1. The number of carbonyl (C=O) groups is 1. The summed E-state index contributed by atoms with van der Waals surface area (Å²) in [6.45, 7) is 3.37. The predicted octanol–water partition coefficient (Wildman–Crippen LogP) is 3.02. The lowest BCUT2D eigenvalue weighted by Gasteiger charge is -2.08. The highest BCUT2D eigenvalue weighted by Gasteiger charge is 2.33. The molecule has 23 heavy (non-hydrogen) atoms. The number of carboxylic acid groups (broad SMARTS) is 1. The van der Waals surface area contributed by atoms with Crippen molar-refractivity contribution in [3.05, 3.63) is 41.2 Å². The zero-order chi connectivity index (χ0) is 16.2. The number of nitrogens with zero attached hydrogens (tertiary/aromatic N) is 3. The van der Waals surface area contributed by atoms with Gasteiger partial charge in [0.2, 0.25) is 0 Å². The van der Waals surface area contributed by atoms with Crippen molar-refractivity contribution in [2.75, 3.05) is 6.61 Å². The van der Waals surface area contributed by atoms with Gasteiger partial charge in [-0.1, -0.05) is 22.9 Å². The third-order valence-corrected chi connectivity index (χ3v) is 3.99. The third kappa shape index (κ3) is 3.88. The van der Waals surface area contributed by atoms with E-state index in [-0.39, 0.29) is 5.69 Å². The van der Waals surface area contributed by atoms with Crippen molar-refractivity contribution in [2.24, 2.45) is 0 Å². The monoisotopic (exact) mass is 315 g/mol. The first-order chi connectivity index (χ1) is 11.1. The first-order valence-corrected chi connectivity index (χ1v) is 8.01. The molecule has 0 unspecified atom stereocenters. The summed E-state index contributed by atoms with van der Waals surface area (Å²) in [6, 6.07) is 7.99. The molecule has 1 aromatic heterocycles. The van der Waals surface area contributed by atoms with Gasteiger partial charge in [0.15, 0.2) is 5.69 Å². The second-order valence-corrected chi connectivity index (χ2v) is 5.99. The molecule has 6 heteroatoms. The van der Waals surface area contributed by atoms with Crippen LogP contribution in [0.1, 0.15) is 53.3 Å². The van der Waals surface area contributed by atoms with E-state index in [4.69, 9.17) is 4.74 Å². The van der Waals surface area contributed by atoms with Gasteiger partial charge in [-0.3, -0.25) is 0 Å². The maximum absolute atomic E-state index is 11.2. The van der Waals surface area contributed by atoms with Crippen molar-refractivity contribution >= 4 is 5.97 Å². The molecule has 0 spiro atoms. The molecule has 122 valence electrons. The first-order valence-electron chi connectivity index (χ1n) is 8.01. The van der Waals surface area contributed by atoms with Gasteiger partial charge in [0.1, 0.15) is 5.75 Å². The van der Waals surface area contributed by atoms with E-state index in [0.29, 0.717) is 19.1 Å². The van der Waals surface area contributed by atoms with Crippen LogP contribution in [0, 0.1) is 6.92 Å². The second kappa shape index (κ2) is 6.81. The van der Waals surface area contributed by atoms with Gasteiger partial charge in [-0.15, -0.1) is 5.10 Å². The van der Waals surface area contributed by atoms with E-state index in [1.807, 2.05) is 31.2 Å². The molecule has 1 aliphatic carbocycles. The first kappa shape index (κ1) is 15.5. The van der Waals surface area contributed by atoms with Crippen molar-refractivity contribution < 1.29 is 14.6 Å². The molecule has 2 aromatic rings. The topological polar surface area (TPSA) is 77.2 Å². The molecule has 0 amide bonds. The molecule has 0 atom stereocenters. The van der Waals surface area contributed by atoms with Crippen molar-refractivity contribution in [3.8, 4) is 5.75 Å². The Labute approximate surface area is 135 Å².